The lowest BCUT2D eigenvalue weighted by atomic mass is 9.48. The average molecular weight is 317 g/mol. The van der Waals surface area contributed by atoms with Crippen LogP contribution in [-0.4, -0.2) is 46.9 Å². The second-order valence-corrected chi connectivity index (χ2v) is 7.34. The number of esters is 1. The van der Waals surface area contributed by atoms with Gasteiger partial charge in [0.05, 0.1) is 18.2 Å². The van der Waals surface area contributed by atoms with Crippen LogP contribution >= 0.6 is 0 Å². The second-order valence-electron chi connectivity index (χ2n) is 7.34. The van der Waals surface area contributed by atoms with Crippen molar-refractivity contribution in [1.29, 1.82) is 0 Å². The van der Waals surface area contributed by atoms with Crippen LogP contribution in [-0.2, 0) is 20.7 Å². The lowest BCUT2D eigenvalue weighted by Gasteiger charge is -2.54. The molecule has 2 heterocycles. The van der Waals surface area contributed by atoms with Gasteiger partial charge in [0.1, 0.15) is 0 Å². The summed E-state index contributed by atoms with van der Waals surface area (Å²) < 4.78 is 5.01. The van der Waals surface area contributed by atoms with E-state index in [1.54, 1.807) is 18.6 Å². The zero-order valence-electron chi connectivity index (χ0n) is 13.9. The molecule has 0 radical (unpaired) electrons. The molecule has 2 fully saturated rings. The fraction of sp³-hybridized carbons (Fsp3) is 0.647. The molecule has 1 aromatic rings. The van der Waals surface area contributed by atoms with Crippen LogP contribution in [0.4, 0.5) is 0 Å². The Balaban J connectivity index is 1.66. The summed E-state index contributed by atoms with van der Waals surface area (Å²) in [4.78, 5) is 34.8. The number of amides is 1. The molecule has 0 N–H and O–H groups in total. The smallest absolute Gasteiger partial charge is 0.314 e. The van der Waals surface area contributed by atoms with Crippen molar-refractivity contribution in [2.45, 2.75) is 33.1 Å². The minimum atomic E-state index is -0.500. The van der Waals surface area contributed by atoms with Crippen molar-refractivity contribution in [3.05, 3.63) is 24.3 Å². The van der Waals surface area contributed by atoms with Crippen LogP contribution in [0, 0.1) is 16.7 Å². The van der Waals surface area contributed by atoms with Gasteiger partial charge in [-0.15, -0.1) is 0 Å². The molecular weight excluding hydrogens is 294 g/mol. The molecular formula is C17H23N3O3. The molecule has 0 unspecified atom stereocenters. The quantitative estimate of drug-likeness (QED) is 0.786. The molecule has 0 spiro atoms. The Morgan fingerprint density at radius 2 is 2.17 bits per heavy atom. The molecule has 1 amide bonds. The van der Waals surface area contributed by atoms with Gasteiger partial charge in [0.2, 0.25) is 5.91 Å². The van der Waals surface area contributed by atoms with E-state index in [1.165, 1.54) is 7.11 Å². The third kappa shape index (κ3) is 2.60. The number of hydrogen-bond acceptors (Lipinski definition) is 5. The maximum Gasteiger partial charge on any atom is 0.314 e. The van der Waals surface area contributed by atoms with E-state index in [0.717, 1.165) is 12.1 Å². The highest BCUT2D eigenvalue weighted by atomic mass is 16.5. The molecule has 1 saturated heterocycles. The summed E-state index contributed by atoms with van der Waals surface area (Å²) in [5.74, 6) is 0.0816. The van der Waals surface area contributed by atoms with Gasteiger partial charge in [0.15, 0.2) is 0 Å². The standard InChI is InChI=1S/C17H23N3O3/c1-16(2)10-17(15(22)23-3)11-20(9-13(16)17)14(21)5-4-12-8-18-6-7-19-12/h6-8,13H,4-5,9-11H2,1-3H3/t13-,17+/m1/s1. The summed E-state index contributed by atoms with van der Waals surface area (Å²) >= 11 is 0. The van der Waals surface area contributed by atoms with E-state index in [2.05, 4.69) is 23.8 Å². The summed E-state index contributed by atoms with van der Waals surface area (Å²) in [5, 5.41) is 0. The first-order valence-corrected chi connectivity index (χ1v) is 8.00. The second kappa shape index (κ2) is 5.58. The lowest BCUT2D eigenvalue weighted by molar-refractivity contribution is -0.174. The number of ether oxygens (including phenoxy) is 1. The first-order chi connectivity index (χ1) is 10.9. The largest absolute Gasteiger partial charge is 0.469 e. The van der Waals surface area contributed by atoms with Gasteiger partial charge in [0, 0.05) is 38.1 Å². The molecule has 0 aromatic carbocycles. The number of nitrogens with zero attached hydrogens (tertiary/aromatic N) is 3. The zero-order valence-corrected chi connectivity index (χ0v) is 13.9. The minimum absolute atomic E-state index is 0.0733. The first kappa shape index (κ1) is 15.9. The molecule has 23 heavy (non-hydrogen) atoms. The van der Waals surface area contributed by atoms with Crippen molar-refractivity contribution in [3.63, 3.8) is 0 Å². The summed E-state index contributed by atoms with van der Waals surface area (Å²) in [6.45, 7) is 5.44. The molecule has 2 atom stereocenters. The number of methoxy groups -OCH3 is 1. The topological polar surface area (TPSA) is 72.4 Å². The van der Waals surface area contributed by atoms with Gasteiger partial charge in [-0.3, -0.25) is 19.6 Å². The summed E-state index contributed by atoms with van der Waals surface area (Å²) in [7, 11) is 1.43. The van der Waals surface area contributed by atoms with Crippen LogP contribution in [0.5, 0.6) is 0 Å². The van der Waals surface area contributed by atoms with Crippen molar-refractivity contribution in [2.24, 2.45) is 16.7 Å². The third-order valence-corrected chi connectivity index (χ3v) is 5.41. The molecule has 1 aromatic heterocycles. The van der Waals surface area contributed by atoms with E-state index in [9.17, 15) is 9.59 Å². The monoisotopic (exact) mass is 317 g/mol. The summed E-state index contributed by atoms with van der Waals surface area (Å²) in [6.07, 6.45) is 6.67. The highest BCUT2D eigenvalue weighted by Crippen LogP contribution is 2.63. The average Bonchev–Trinajstić information content (AvgIpc) is 2.89. The van der Waals surface area contributed by atoms with Gasteiger partial charge in [-0.1, -0.05) is 13.8 Å². The molecule has 6 heteroatoms. The SMILES string of the molecule is COC(=O)[C@@]12CN(C(=O)CCc3cnccn3)C[C@@H]1C(C)(C)C2. The van der Waals surface area contributed by atoms with Gasteiger partial charge in [-0.25, -0.2) is 0 Å². The van der Waals surface area contributed by atoms with Crippen molar-refractivity contribution in [1.82, 2.24) is 14.9 Å². The van der Waals surface area contributed by atoms with E-state index in [-0.39, 0.29) is 23.2 Å². The molecule has 0 bridgehead atoms. The van der Waals surface area contributed by atoms with Gasteiger partial charge in [-0.05, 0) is 24.2 Å². The molecule has 1 saturated carbocycles. The number of aryl methyl sites for hydroxylation is 1. The van der Waals surface area contributed by atoms with E-state index in [4.69, 9.17) is 4.74 Å². The number of aromatic nitrogens is 2. The Morgan fingerprint density at radius 1 is 1.39 bits per heavy atom. The molecule has 124 valence electrons. The van der Waals surface area contributed by atoms with Crippen molar-refractivity contribution >= 4 is 11.9 Å². The number of carbonyl (C=O) groups excluding carboxylic acids is 2. The van der Waals surface area contributed by atoms with Crippen LogP contribution in [0.15, 0.2) is 18.6 Å². The number of hydrogen-bond donors (Lipinski definition) is 0. The molecule has 1 aliphatic carbocycles. The minimum Gasteiger partial charge on any atom is -0.469 e. The maximum atomic E-state index is 12.5. The predicted octanol–water partition coefficient (Wildman–Crippen LogP) is 1.46. The van der Waals surface area contributed by atoms with Crippen LogP contribution in [0.2, 0.25) is 0 Å². The maximum absolute atomic E-state index is 12.5. The molecule has 6 nitrogen and oxygen atoms in total. The number of fused-ring (bicyclic) bond motifs is 1. The molecule has 2 aliphatic rings. The van der Waals surface area contributed by atoms with Crippen LogP contribution in [0.25, 0.3) is 0 Å². The Kier molecular flexibility index (Phi) is 3.86. The highest BCUT2D eigenvalue weighted by molar-refractivity contribution is 5.83. The predicted molar refractivity (Wildman–Crippen MR) is 83.3 cm³/mol. The Hall–Kier alpha value is -1.98. The van der Waals surface area contributed by atoms with E-state index in [1.807, 2.05) is 4.90 Å². The summed E-state index contributed by atoms with van der Waals surface area (Å²) in [6, 6.07) is 0. The molecule has 3 rings (SSSR count). The number of likely N-dealkylation sites (tertiary alicyclic amines) is 1. The van der Waals surface area contributed by atoms with Crippen LogP contribution in [0.3, 0.4) is 0 Å². The third-order valence-electron chi connectivity index (χ3n) is 5.41. The number of rotatable bonds is 4. The summed E-state index contributed by atoms with van der Waals surface area (Å²) in [5.41, 5.74) is 0.389. The van der Waals surface area contributed by atoms with Gasteiger partial charge in [0.25, 0.3) is 0 Å². The zero-order chi connectivity index (χ0) is 16.7. The molecule has 1 aliphatic heterocycles. The van der Waals surface area contributed by atoms with E-state index in [0.29, 0.717) is 25.9 Å². The fourth-order valence-electron chi connectivity index (χ4n) is 4.41. The van der Waals surface area contributed by atoms with Gasteiger partial charge in [-0.2, -0.15) is 0 Å². The normalized spacial score (nSPS) is 28.0. The van der Waals surface area contributed by atoms with Crippen molar-refractivity contribution in [2.75, 3.05) is 20.2 Å². The number of carbonyl (C=O) groups is 2. The van der Waals surface area contributed by atoms with Gasteiger partial charge < -0.3 is 9.64 Å². The lowest BCUT2D eigenvalue weighted by Crippen LogP contribution is -2.57. The Morgan fingerprint density at radius 3 is 2.78 bits per heavy atom. The fourth-order valence-corrected chi connectivity index (χ4v) is 4.41. The van der Waals surface area contributed by atoms with Crippen molar-refractivity contribution < 1.29 is 14.3 Å². The van der Waals surface area contributed by atoms with Crippen LogP contribution < -0.4 is 0 Å². The van der Waals surface area contributed by atoms with E-state index < -0.39 is 5.41 Å². The Bertz CT molecular complexity index is 617. The van der Waals surface area contributed by atoms with E-state index >= 15 is 0 Å². The van der Waals surface area contributed by atoms with Crippen molar-refractivity contribution in [3.8, 4) is 0 Å². The van der Waals surface area contributed by atoms with Crippen LogP contribution in [0.1, 0.15) is 32.4 Å². The first-order valence-electron chi connectivity index (χ1n) is 8.00. The van der Waals surface area contributed by atoms with Gasteiger partial charge >= 0.3 is 5.97 Å². The Labute approximate surface area is 136 Å². The highest BCUT2D eigenvalue weighted by Gasteiger charge is 2.67.